The van der Waals surface area contributed by atoms with E-state index < -0.39 is 0 Å². The van der Waals surface area contributed by atoms with Crippen molar-refractivity contribution in [1.82, 2.24) is 10.3 Å². The molecule has 0 bridgehead atoms. The van der Waals surface area contributed by atoms with Gasteiger partial charge in [0.05, 0.1) is 5.56 Å². The van der Waals surface area contributed by atoms with Gasteiger partial charge in [0.15, 0.2) is 0 Å². The molecule has 1 aliphatic heterocycles. The largest absolute Gasteiger partial charge is 0.361 e. The van der Waals surface area contributed by atoms with Crippen LogP contribution in [0.1, 0.15) is 59.7 Å². The summed E-state index contributed by atoms with van der Waals surface area (Å²) < 4.78 is 0. The van der Waals surface area contributed by atoms with Gasteiger partial charge >= 0.3 is 0 Å². The summed E-state index contributed by atoms with van der Waals surface area (Å²) in [5, 5.41) is 8.96. The standard InChI is InChI=1S/C22H25N3OS/c1-22(2,3)12-8-9-14-17(10-12)27-21-18(14)20(26)24-19(25-21)15-11-23-16-7-5-4-6-13(15)16/h4-7,11-12,19,23,25H,8-10H2,1-3H3,(H,24,26)/t12-,19+/m1/s1. The smallest absolute Gasteiger partial charge is 0.256 e. The second-order valence-corrected chi connectivity index (χ2v) is 9.96. The molecule has 1 aromatic carbocycles. The number of hydrogen-bond donors (Lipinski definition) is 3. The zero-order valence-electron chi connectivity index (χ0n) is 16.0. The molecule has 140 valence electrons. The van der Waals surface area contributed by atoms with Crippen LogP contribution in [0.2, 0.25) is 0 Å². The fourth-order valence-corrected chi connectivity index (χ4v) is 5.88. The SMILES string of the molecule is CC(C)(C)[C@@H]1CCc2c(sc3c2C(=O)N[C@H](c2c[nH]c4ccccc24)N3)C1. The molecule has 0 radical (unpaired) electrons. The number of amides is 1. The lowest BCUT2D eigenvalue weighted by molar-refractivity contribution is 0.0935. The summed E-state index contributed by atoms with van der Waals surface area (Å²) in [5.41, 5.74) is 4.65. The zero-order valence-corrected chi connectivity index (χ0v) is 16.8. The van der Waals surface area contributed by atoms with Crippen LogP contribution in [0.5, 0.6) is 0 Å². The van der Waals surface area contributed by atoms with E-state index in [1.807, 2.05) is 18.3 Å². The minimum absolute atomic E-state index is 0.0609. The van der Waals surface area contributed by atoms with Crippen LogP contribution >= 0.6 is 11.3 Å². The third-order valence-corrected chi connectivity index (χ3v) is 7.39. The van der Waals surface area contributed by atoms with Crippen molar-refractivity contribution in [3.8, 4) is 0 Å². The number of rotatable bonds is 1. The normalized spacial score (nSPS) is 22.1. The number of carbonyl (C=O) groups is 1. The number of H-pyrrole nitrogens is 1. The number of aromatic amines is 1. The average Bonchev–Trinajstić information content (AvgIpc) is 3.21. The van der Waals surface area contributed by atoms with Crippen LogP contribution < -0.4 is 10.6 Å². The van der Waals surface area contributed by atoms with Crippen molar-refractivity contribution in [3.05, 3.63) is 52.0 Å². The first-order valence-corrected chi connectivity index (χ1v) is 10.5. The molecule has 5 rings (SSSR count). The zero-order chi connectivity index (χ0) is 18.8. The first-order chi connectivity index (χ1) is 12.9. The van der Waals surface area contributed by atoms with Crippen molar-refractivity contribution < 1.29 is 4.79 Å². The number of thiophene rings is 1. The molecule has 0 saturated carbocycles. The lowest BCUT2D eigenvalue weighted by Crippen LogP contribution is -2.38. The van der Waals surface area contributed by atoms with Crippen LogP contribution in [0.15, 0.2) is 30.5 Å². The summed E-state index contributed by atoms with van der Waals surface area (Å²) in [6.07, 6.45) is 5.06. The number of carbonyl (C=O) groups excluding carboxylic acids is 1. The topological polar surface area (TPSA) is 56.9 Å². The van der Waals surface area contributed by atoms with Crippen LogP contribution in [0.3, 0.4) is 0 Å². The van der Waals surface area contributed by atoms with Gasteiger partial charge in [0.25, 0.3) is 5.91 Å². The van der Waals surface area contributed by atoms with Crippen molar-refractivity contribution >= 4 is 33.1 Å². The fraction of sp³-hybridized carbons (Fsp3) is 0.409. The van der Waals surface area contributed by atoms with Crippen molar-refractivity contribution in [2.24, 2.45) is 11.3 Å². The van der Waals surface area contributed by atoms with Gasteiger partial charge in [-0.3, -0.25) is 4.79 Å². The number of nitrogens with one attached hydrogen (secondary N) is 3. The summed E-state index contributed by atoms with van der Waals surface area (Å²) >= 11 is 1.79. The van der Waals surface area contributed by atoms with E-state index in [0.717, 1.165) is 39.9 Å². The highest BCUT2D eigenvalue weighted by Crippen LogP contribution is 2.46. The minimum Gasteiger partial charge on any atom is -0.361 e. The van der Waals surface area contributed by atoms with Crippen LogP contribution in [-0.4, -0.2) is 10.9 Å². The van der Waals surface area contributed by atoms with E-state index in [-0.39, 0.29) is 12.1 Å². The van der Waals surface area contributed by atoms with Crippen LogP contribution in [0.25, 0.3) is 10.9 Å². The van der Waals surface area contributed by atoms with Crippen molar-refractivity contribution in [3.63, 3.8) is 0 Å². The molecular formula is C22H25N3OS. The molecule has 0 unspecified atom stereocenters. The van der Waals surface area contributed by atoms with Gasteiger partial charge in [-0.25, -0.2) is 0 Å². The van der Waals surface area contributed by atoms with E-state index in [9.17, 15) is 4.79 Å². The Bertz CT molecular complexity index is 1040. The Morgan fingerprint density at radius 1 is 1.15 bits per heavy atom. The summed E-state index contributed by atoms with van der Waals surface area (Å²) in [6, 6.07) is 8.21. The van der Waals surface area contributed by atoms with E-state index in [1.54, 1.807) is 11.3 Å². The van der Waals surface area contributed by atoms with Gasteiger partial charge in [0.2, 0.25) is 0 Å². The highest BCUT2D eigenvalue weighted by atomic mass is 32.1. The fourth-order valence-electron chi connectivity index (χ4n) is 4.53. The molecule has 3 N–H and O–H groups in total. The second-order valence-electron chi connectivity index (χ2n) is 8.85. The van der Waals surface area contributed by atoms with Gasteiger partial charge < -0.3 is 15.6 Å². The number of para-hydroxylation sites is 1. The Morgan fingerprint density at radius 3 is 2.78 bits per heavy atom. The van der Waals surface area contributed by atoms with Crippen molar-refractivity contribution in [2.75, 3.05) is 5.32 Å². The lowest BCUT2D eigenvalue weighted by atomic mass is 9.72. The molecule has 4 nitrogen and oxygen atoms in total. The molecule has 1 aliphatic carbocycles. The van der Waals surface area contributed by atoms with Gasteiger partial charge in [0.1, 0.15) is 11.2 Å². The number of anilines is 1. The third-order valence-electron chi connectivity index (χ3n) is 6.20. The molecule has 27 heavy (non-hydrogen) atoms. The molecule has 2 aliphatic rings. The molecule has 2 atom stereocenters. The maximum atomic E-state index is 13.0. The molecule has 5 heteroatoms. The Kier molecular flexibility index (Phi) is 3.66. The van der Waals surface area contributed by atoms with Gasteiger partial charge in [-0.15, -0.1) is 11.3 Å². The van der Waals surface area contributed by atoms with Crippen LogP contribution in [0.4, 0.5) is 5.00 Å². The number of hydrogen-bond acceptors (Lipinski definition) is 3. The molecule has 3 aromatic rings. The summed E-state index contributed by atoms with van der Waals surface area (Å²) in [7, 11) is 0. The average molecular weight is 380 g/mol. The number of fused-ring (bicyclic) bond motifs is 4. The predicted molar refractivity (Wildman–Crippen MR) is 111 cm³/mol. The Labute approximate surface area is 163 Å². The van der Waals surface area contributed by atoms with Crippen molar-refractivity contribution in [2.45, 2.75) is 46.2 Å². The molecule has 3 heterocycles. The highest BCUT2D eigenvalue weighted by Gasteiger charge is 2.36. The summed E-state index contributed by atoms with van der Waals surface area (Å²) in [4.78, 5) is 17.7. The molecule has 2 aromatic heterocycles. The Morgan fingerprint density at radius 2 is 1.96 bits per heavy atom. The molecule has 0 saturated heterocycles. The van der Waals surface area contributed by atoms with E-state index >= 15 is 0 Å². The summed E-state index contributed by atoms with van der Waals surface area (Å²) in [5.74, 6) is 0.739. The van der Waals surface area contributed by atoms with E-state index in [0.29, 0.717) is 11.3 Å². The van der Waals surface area contributed by atoms with Crippen LogP contribution in [0, 0.1) is 11.3 Å². The number of aromatic nitrogens is 1. The third kappa shape index (κ3) is 2.67. The van der Waals surface area contributed by atoms with Crippen LogP contribution in [-0.2, 0) is 12.8 Å². The molecule has 0 fully saturated rings. The monoisotopic (exact) mass is 379 g/mol. The first kappa shape index (κ1) is 16.9. The molecule has 1 amide bonds. The van der Waals surface area contributed by atoms with E-state index in [1.165, 1.54) is 16.9 Å². The van der Waals surface area contributed by atoms with E-state index in [2.05, 4.69) is 48.5 Å². The van der Waals surface area contributed by atoms with Gasteiger partial charge in [0, 0.05) is 27.5 Å². The lowest BCUT2D eigenvalue weighted by Gasteiger charge is -2.34. The predicted octanol–water partition coefficient (Wildman–Crippen LogP) is 5.23. The van der Waals surface area contributed by atoms with Gasteiger partial charge in [-0.1, -0.05) is 39.0 Å². The highest BCUT2D eigenvalue weighted by molar-refractivity contribution is 7.16. The molecular weight excluding hydrogens is 354 g/mol. The minimum atomic E-state index is -0.195. The molecule has 0 spiro atoms. The summed E-state index contributed by atoms with van der Waals surface area (Å²) in [6.45, 7) is 6.98. The second kappa shape index (κ2) is 5.86. The van der Waals surface area contributed by atoms with Crippen molar-refractivity contribution in [1.29, 1.82) is 0 Å². The number of benzene rings is 1. The van der Waals surface area contributed by atoms with E-state index in [4.69, 9.17) is 0 Å². The quantitative estimate of drug-likeness (QED) is 0.542. The van der Waals surface area contributed by atoms with Gasteiger partial charge in [-0.05, 0) is 42.2 Å². The Hall–Kier alpha value is -2.27. The first-order valence-electron chi connectivity index (χ1n) is 9.70. The maximum absolute atomic E-state index is 13.0. The maximum Gasteiger partial charge on any atom is 0.256 e. The Balaban J connectivity index is 1.50. The van der Waals surface area contributed by atoms with Gasteiger partial charge in [-0.2, -0.15) is 0 Å².